The summed E-state index contributed by atoms with van der Waals surface area (Å²) in [7, 11) is 0. The van der Waals surface area contributed by atoms with Gasteiger partial charge in [0.25, 0.3) is 0 Å². The van der Waals surface area contributed by atoms with Gasteiger partial charge in [0.1, 0.15) is 0 Å². The first-order valence-corrected chi connectivity index (χ1v) is 6.40. The lowest BCUT2D eigenvalue weighted by atomic mass is 9.89. The van der Waals surface area contributed by atoms with Gasteiger partial charge in [-0.3, -0.25) is 4.90 Å². The maximum absolute atomic E-state index is 12.3. The van der Waals surface area contributed by atoms with Crippen molar-refractivity contribution in [1.82, 2.24) is 4.90 Å². The normalized spacial score (nSPS) is 19.3. The lowest BCUT2D eigenvalue weighted by Gasteiger charge is -2.29. The summed E-state index contributed by atoms with van der Waals surface area (Å²) in [5, 5.41) is 0. The number of alkyl halides is 4. The van der Waals surface area contributed by atoms with E-state index in [0.717, 1.165) is 25.7 Å². The zero-order chi connectivity index (χ0) is 12.0. The molecule has 0 aromatic heterocycles. The van der Waals surface area contributed by atoms with Crippen LogP contribution in [-0.4, -0.2) is 36.6 Å². The molecule has 0 spiro atoms. The molecule has 0 aromatic rings. The second-order valence-electron chi connectivity index (χ2n) is 4.54. The minimum atomic E-state index is -4.11. The van der Waals surface area contributed by atoms with Gasteiger partial charge >= 0.3 is 6.18 Å². The fourth-order valence-electron chi connectivity index (χ4n) is 2.34. The van der Waals surface area contributed by atoms with Crippen LogP contribution in [0.25, 0.3) is 0 Å². The zero-order valence-corrected chi connectivity index (χ0v) is 10.2. The highest BCUT2D eigenvalue weighted by atomic mass is 35.5. The van der Waals surface area contributed by atoms with Crippen molar-refractivity contribution < 1.29 is 13.2 Å². The molecule has 1 rings (SSSR count). The van der Waals surface area contributed by atoms with Crippen molar-refractivity contribution in [3.05, 3.63) is 0 Å². The molecule has 0 radical (unpaired) electrons. The molecule has 0 saturated heterocycles. The maximum atomic E-state index is 12.3. The lowest BCUT2D eigenvalue weighted by molar-refractivity contribution is -0.146. The summed E-state index contributed by atoms with van der Waals surface area (Å²) in [4.78, 5) is 1.45. The van der Waals surface area contributed by atoms with Crippen LogP contribution in [0.1, 0.15) is 32.1 Å². The van der Waals surface area contributed by atoms with Gasteiger partial charge in [-0.1, -0.05) is 19.3 Å². The molecule has 5 heteroatoms. The van der Waals surface area contributed by atoms with Crippen LogP contribution in [0.5, 0.6) is 0 Å². The summed E-state index contributed by atoms with van der Waals surface area (Å²) < 4.78 is 36.9. The number of hydrogen-bond donors (Lipinski definition) is 0. The molecule has 1 nitrogen and oxygen atoms in total. The molecule has 0 bridgehead atoms. The number of halogens is 4. The summed E-state index contributed by atoms with van der Waals surface area (Å²) in [6.45, 7) is 0.0556. The molecule has 96 valence electrons. The molecule has 0 amide bonds. The van der Waals surface area contributed by atoms with Crippen LogP contribution in [-0.2, 0) is 0 Å². The summed E-state index contributed by atoms with van der Waals surface area (Å²) in [5.74, 6) is 0.697. The Kier molecular flexibility index (Phi) is 5.90. The van der Waals surface area contributed by atoms with E-state index in [1.54, 1.807) is 0 Å². The molecule has 0 aliphatic heterocycles. The second kappa shape index (κ2) is 6.70. The van der Waals surface area contributed by atoms with E-state index in [-0.39, 0.29) is 5.88 Å². The van der Waals surface area contributed by atoms with Crippen LogP contribution < -0.4 is 0 Å². The highest BCUT2D eigenvalue weighted by Gasteiger charge is 2.31. The van der Waals surface area contributed by atoms with E-state index in [2.05, 4.69) is 0 Å². The molecule has 0 atom stereocenters. The summed E-state index contributed by atoms with van der Waals surface area (Å²) in [6, 6.07) is 0. The van der Waals surface area contributed by atoms with Gasteiger partial charge in [-0.2, -0.15) is 13.2 Å². The predicted octanol–water partition coefficient (Wildman–Crippen LogP) is 3.67. The Balaban J connectivity index is 2.36. The van der Waals surface area contributed by atoms with Gasteiger partial charge in [-0.25, -0.2) is 0 Å². The highest BCUT2D eigenvalue weighted by molar-refractivity contribution is 6.18. The number of nitrogens with zero attached hydrogens (tertiary/aromatic N) is 1. The third-order valence-electron chi connectivity index (χ3n) is 3.04. The average molecular weight is 258 g/mol. The van der Waals surface area contributed by atoms with Crippen molar-refractivity contribution >= 4 is 11.6 Å². The fourth-order valence-corrected chi connectivity index (χ4v) is 2.58. The molecule has 1 fully saturated rings. The van der Waals surface area contributed by atoms with Crippen LogP contribution in [0.15, 0.2) is 0 Å². The first-order valence-electron chi connectivity index (χ1n) is 5.86. The zero-order valence-electron chi connectivity index (χ0n) is 9.40. The Labute approximate surface area is 99.9 Å². The Morgan fingerprint density at radius 3 is 2.25 bits per heavy atom. The minimum absolute atomic E-state index is 0.267. The smallest absolute Gasteiger partial charge is 0.294 e. The lowest BCUT2D eigenvalue weighted by Crippen LogP contribution is -2.39. The van der Waals surface area contributed by atoms with Crippen LogP contribution in [0, 0.1) is 5.92 Å². The SMILES string of the molecule is FC(F)(F)CN(CCCl)CC1CCCCC1. The van der Waals surface area contributed by atoms with Crippen LogP contribution in [0.2, 0.25) is 0 Å². The molecule has 1 saturated carbocycles. The van der Waals surface area contributed by atoms with E-state index >= 15 is 0 Å². The van der Waals surface area contributed by atoms with Crippen molar-refractivity contribution in [3.63, 3.8) is 0 Å². The molecular formula is C11H19ClF3N. The number of hydrogen-bond acceptors (Lipinski definition) is 1. The third-order valence-corrected chi connectivity index (χ3v) is 3.21. The van der Waals surface area contributed by atoms with E-state index in [9.17, 15) is 13.2 Å². The summed E-state index contributed by atoms with van der Waals surface area (Å²) in [5.41, 5.74) is 0. The monoisotopic (exact) mass is 257 g/mol. The maximum Gasteiger partial charge on any atom is 0.401 e. The molecule has 0 N–H and O–H groups in total. The quantitative estimate of drug-likeness (QED) is 0.680. The first-order chi connectivity index (χ1) is 7.51. The van der Waals surface area contributed by atoms with Gasteiger partial charge in [0.15, 0.2) is 0 Å². The van der Waals surface area contributed by atoms with Gasteiger partial charge in [0.05, 0.1) is 6.54 Å². The minimum Gasteiger partial charge on any atom is -0.294 e. The summed E-state index contributed by atoms with van der Waals surface area (Å²) >= 11 is 5.53. The van der Waals surface area contributed by atoms with E-state index in [1.807, 2.05) is 0 Å². The Morgan fingerprint density at radius 1 is 1.12 bits per heavy atom. The largest absolute Gasteiger partial charge is 0.401 e. The molecular weight excluding hydrogens is 239 g/mol. The molecule has 0 heterocycles. The molecule has 0 aromatic carbocycles. The topological polar surface area (TPSA) is 3.24 Å². The molecule has 0 unspecified atom stereocenters. The third kappa shape index (κ3) is 5.94. The Bertz CT molecular complexity index is 190. The standard InChI is InChI=1S/C11H19ClF3N/c12-6-7-16(9-11(13,14)15)8-10-4-2-1-3-5-10/h10H,1-9H2. The van der Waals surface area contributed by atoms with Gasteiger partial charge in [-0.05, 0) is 18.8 Å². The number of rotatable bonds is 5. The van der Waals surface area contributed by atoms with Crippen molar-refractivity contribution in [2.24, 2.45) is 5.92 Å². The van der Waals surface area contributed by atoms with Crippen LogP contribution >= 0.6 is 11.6 Å². The Morgan fingerprint density at radius 2 is 1.75 bits per heavy atom. The van der Waals surface area contributed by atoms with Crippen LogP contribution in [0.4, 0.5) is 13.2 Å². The van der Waals surface area contributed by atoms with Crippen LogP contribution in [0.3, 0.4) is 0 Å². The van der Waals surface area contributed by atoms with Gasteiger partial charge < -0.3 is 0 Å². The van der Waals surface area contributed by atoms with E-state index < -0.39 is 12.7 Å². The van der Waals surface area contributed by atoms with Crippen molar-refractivity contribution in [1.29, 1.82) is 0 Å². The van der Waals surface area contributed by atoms with E-state index in [0.29, 0.717) is 19.0 Å². The van der Waals surface area contributed by atoms with Crippen molar-refractivity contribution in [2.75, 3.05) is 25.5 Å². The first kappa shape index (κ1) is 14.1. The van der Waals surface area contributed by atoms with Gasteiger partial charge in [0.2, 0.25) is 0 Å². The summed E-state index contributed by atoms with van der Waals surface area (Å²) in [6.07, 6.45) is 1.57. The molecule has 1 aliphatic rings. The molecule has 16 heavy (non-hydrogen) atoms. The highest BCUT2D eigenvalue weighted by Crippen LogP contribution is 2.25. The predicted molar refractivity (Wildman–Crippen MR) is 59.8 cm³/mol. The van der Waals surface area contributed by atoms with Gasteiger partial charge in [-0.15, -0.1) is 11.6 Å². The van der Waals surface area contributed by atoms with Gasteiger partial charge in [0, 0.05) is 19.0 Å². The Hall–Kier alpha value is 0.0400. The average Bonchev–Trinajstić information content (AvgIpc) is 2.17. The molecule has 1 aliphatic carbocycles. The van der Waals surface area contributed by atoms with Crippen molar-refractivity contribution in [2.45, 2.75) is 38.3 Å². The second-order valence-corrected chi connectivity index (χ2v) is 4.92. The van der Waals surface area contributed by atoms with Crippen molar-refractivity contribution in [3.8, 4) is 0 Å². The van der Waals surface area contributed by atoms with E-state index in [4.69, 9.17) is 11.6 Å². The fraction of sp³-hybridized carbons (Fsp3) is 1.00. The van der Waals surface area contributed by atoms with E-state index in [1.165, 1.54) is 11.3 Å².